The lowest BCUT2D eigenvalue weighted by Crippen LogP contribution is -2.43. The van der Waals surface area contributed by atoms with Crippen molar-refractivity contribution in [3.63, 3.8) is 0 Å². The Morgan fingerprint density at radius 1 is 1.58 bits per heavy atom. The number of nitrogens with zero attached hydrogens (tertiary/aromatic N) is 2. The van der Waals surface area contributed by atoms with Gasteiger partial charge in [-0.25, -0.2) is 0 Å². The van der Waals surface area contributed by atoms with Gasteiger partial charge in [-0.3, -0.25) is 9.59 Å². The van der Waals surface area contributed by atoms with Gasteiger partial charge in [-0.05, 0) is 26.2 Å². The number of rotatable bonds is 4. The van der Waals surface area contributed by atoms with Gasteiger partial charge in [0, 0.05) is 19.0 Å². The minimum atomic E-state index is -0.379. The summed E-state index contributed by atoms with van der Waals surface area (Å²) in [7, 11) is 0. The normalized spacial score (nSPS) is 18.6. The van der Waals surface area contributed by atoms with Crippen molar-refractivity contribution in [2.45, 2.75) is 45.6 Å². The van der Waals surface area contributed by atoms with Gasteiger partial charge in [0.2, 0.25) is 11.8 Å². The van der Waals surface area contributed by atoms with E-state index in [2.05, 4.69) is 10.5 Å². The Bertz CT molecular complexity index is 469. The van der Waals surface area contributed by atoms with Crippen molar-refractivity contribution in [3.05, 3.63) is 11.8 Å². The standard InChI is InChI=1S/C13H19N3O3/c1-3-5-12(17)16-7-4-6-10(16)13(18)14-11-8-9(2)19-15-11/h8,10H,3-7H2,1-2H3,(H,14,15,18). The van der Waals surface area contributed by atoms with Crippen LogP contribution in [0.4, 0.5) is 5.82 Å². The molecule has 0 saturated carbocycles. The number of nitrogens with one attached hydrogen (secondary N) is 1. The molecule has 1 aliphatic heterocycles. The minimum Gasteiger partial charge on any atom is -0.360 e. The second kappa shape index (κ2) is 5.86. The Kier molecular flexibility index (Phi) is 4.19. The van der Waals surface area contributed by atoms with Crippen LogP contribution in [0.15, 0.2) is 10.6 Å². The Morgan fingerprint density at radius 2 is 2.37 bits per heavy atom. The predicted molar refractivity (Wildman–Crippen MR) is 69.5 cm³/mol. The van der Waals surface area contributed by atoms with Crippen LogP contribution in [0.2, 0.25) is 0 Å². The van der Waals surface area contributed by atoms with Crippen LogP contribution in [0, 0.1) is 6.92 Å². The lowest BCUT2D eigenvalue weighted by atomic mass is 10.2. The van der Waals surface area contributed by atoms with E-state index >= 15 is 0 Å². The summed E-state index contributed by atoms with van der Waals surface area (Å²) < 4.78 is 4.90. The molecule has 6 nitrogen and oxygen atoms in total. The average molecular weight is 265 g/mol. The molecule has 0 radical (unpaired) electrons. The highest BCUT2D eigenvalue weighted by molar-refractivity contribution is 5.96. The van der Waals surface area contributed by atoms with Crippen LogP contribution in [-0.2, 0) is 9.59 Å². The summed E-state index contributed by atoms with van der Waals surface area (Å²) in [5, 5.41) is 6.42. The van der Waals surface area contributed by atoms with E-state index in [-0.39, 0.29) is 17.9 Å². The van der Waals surface area contributed by atoms with Gasteiger partial charge in [0.25, 0.3) is 0 Å². The highest BCUT2D eigenvalue weighted by Gasteiger charge is 2.33. The molecular formula is C13H19N3O3. The first-order valence-corrected chi connectivity index (χ1v) is 6.65. The van der Waals surface area contributed by atoms with Crippen LogP contribution in [0.1, 0.15) is 38.4 Å². The fourth-order valence-electron chi connectivity index (χ4n) is 2.33. The van der Waals surface area contributed by atoms with E-state index in [1.54, 1.807) is 17.9 Å². The SMILES string of the molecule is CCCC(=O)N1CCCC1C(=O)Nc1cc(C)on1. The van der Waals surface area contributed by atoms with Crippen LogP contribution in [0.3, 0.4) is 0 Å². The van der Waals surface area contributed by atoms with Crippen LogP contribution >= 0.6 is 0 Å². The summed E-state index contributed by atoms with van der Waals surface area (Å²) >= 11 is 0. The average Bonchev–Trinajstić information content (AvgIpc) is 2.98. The Labute approximate surface area is 112 Å². The smallest absolute Gasteiger partial charge is 0.248 e. The zero-order valence-electron chi connectivity index (χ0n) is 11.3. The Hall–Kier alpha value is -1.85. The zero-order valence-corrected chi connectivity index (χ0v) is 11.3. The predicted octanol–water partition coefficient (Wildman–Crippen LogP) is 1.71. The fraction of sp³-hybridized carbons (Fsp3) is 0.615. The van der Waals surface area contributed by atoms with Gasteiger partial charge in [-0.2, -0.15) is 0 Å². The molecular weight excluding hydrogens is 246 g/mol. The maximum Gasteiger partial charge on any atom is 0.248 e. The molecule has 19 heavy (non-hydrogen) atoms. The molecule has 1 saturated heterocycles. The number of aromatic nitrogens is 1. The first-order chi connectivity index (χ1) is 9.11. The molecule has 104 valence electrons. The van der Waals surface area contributed by atoms with Crippen LogP contribution in [-0.4, -0.2) is 34.5 Å². The highest BCUT2D eigenvalue weighted by atomic mass is 16.5. The van der Waals surface area contributed by atoms with Gasteiger partial charge in [0.15, 0.2) is 5.82 Å². The van der Waals surface area contributed by atoms with Crippen molar-refractivity contribution in [2.24, 2.45) is 0 Å². The summed E-state index contributed by atoms with van der Waals surface area (Å²) in [6.45, 7) is 4.38. The van der Waals surface area contributed by atoms with Crippen LogP contribution < -0.4 is 5.32 Å². The first-order valence-electron chi connectivity index (χ1n) is 6.65. The largest absolute Gasteiger partial charge is 0.360 e. The van der Waals surface area contributed by atoms with E-state index in [0.717, 1.165) is 12.8 Å². The second-order valence-corrected chi connectivity index (χ2v) is 4.81. The molecule has 0 aliphatic carbocycles. The maximum atomic E-state index is 12.2. The summed E-state index contributed by atoms with van der Waals surface area (Å²) in [4.78, 5) is 25.8. The number of carbonyl (C=O) groups excluding carboxylic acids is 2. The summed E-state index contributed by atoms with van der Waals surface area (Å²) in [6.07, 6.45) is 2.86. The third-order valence-corrected chi connectivity index (χ3v) is 3.22. The summed E-state index contributed by atoms with van der Waals surface area (Å²) in [5.74, 6) is 0.907. The van der Waals surface area contributed by atoms with Crippen molar-refractivity contribution in [1.82, 2.24) is 10.1 Å². The number of likely N-dealkylation sites (tertiary alicyclic amines) is 1. The van der Waals surface area contributed by atoms with E-state index in [9.17, 15) is 9.59 Å². The lowest BCUT2D eigenvalue weighted by molar-refractivity contribution is -0.136. The van der Waals surface area contributed by atoms with Gasteiger partial charge in [0.05, 0.1) is 0 Å². The van der Waals surface area contributed by atoms with E-state index in [0.29, 0.717) is 31.0 Å². The van der Waals surface area contributed by atoms with Crippen molar-refractivity contribution in [2.75, 3.05) is 11.9 Å². The first kappa shape index (κ1) is 13.6. The molecule has 1 N–H and O–H groups in total. The quantitative estimate of drug-likeness (QED) is 0.899. The molecule has 2 rings (SSSR count). The van der Waals surface area contributed by atoms with E-state index in [1.807, 2.05) is 6.92 Å². The fourth-order valence-corrected chi connectivity index (χ4v) is 2.33. The molecule has 2 amide bonds. The summed E-state index contributed by atoms with van der Waals surface area (Å²) in [6, 6.07) is 1.28. The number of hydrogen-bond acceptors (Lipinski definition) is 4. The van der Waals surface area contributed by atoms with Gasteiger partial charge < -0.3 is 14.7 Å². The zero-order chi connectivity index (χ0) is 13.8. The highest BCUT2D eigenvalue weighted by Crippen LogP contribution is 2.20. The third kappa shape index (κ3) is 3.13. The molecule has 1 aromatic rings. The monoisotopic (exact) mass is 265 g/mol. The molecule has 1 aliphatic rings. The van der Waals surface area contributed by atoms with Crippen molar-refractivity contribution in [3.8, 4) is 0 Å². The molecule has 1 atom stereocenters. The molecule has 0 aromatic carbocycles. The van der Waals surface area contributed by atoms with Crippen molar-refractivity contribution in [1.29, 1.82) is 0 Å². The Balaban J connectivity index is 1.99. The molecule has 2 heterocycles. The molecule has 1 unspecified atom stereocenters. The third-order valence-electron chi connectivity index (χ3n) is 3.22. The number of carbonyl (C=O) groups is 2. The van der Waals surface area contributed by atoms with Crippen LogP contribution in [0.25, 0.3) is 0 Å². The number of amides is 2. The van der Waals surface area contributed by atoms with Crippen molar-refractivity contribution < 1.29 is 14.1 Å². The lowest BCUT2D eigenvalue weighted by Gasteiger charge is -2.23. The van der Waals surface area contributed by atoms with Gasteiger partial charge in [-0.1, -0.05) is 12.1 Å². The Morgan fingerprint density at radius 3 is 3.00 bits per heavy atom. The van der Waals surface area contributed by atoms with Crippen LogP contribution in [0.5, 0.6) is 0 Å². The number of hydrogen-bond donors (Lipinski definition) is 1. The number of anilines is 1. The topological polar surface area (TPSA) is 75.4 Å². The summed E-state index contributed by atoms with van der Waals surface area (Å²) in [5.41, 5.74) is 0. The van der Waals surface area contributed by atoms with Gasteiger partial charge in [-0.15, -0.1) is 0 Å². The van der Waals surface area contributed by atoms with Crippen molar-refractivity contribution >= 4 is 17.6 Å². The molecule has 0 spiro atoms. The van der Waals surface area contributed by atoms with E-state index in [4.69, 9.17) is 4.52 Å². The minimum absolute atomic E-state index is 0.0523. The van der Waals surface area contributed by atoms with Gasteiger partial charge >= 0.3 is 0 Å². The maximum absolute atomic E-state index is 12.2. The molecule has 6 heteroatoms. The molecule has 1 fully saturated rings. The van der Waals surface area contributed by atoms with Gasteiger partial charge in [0.1, 0.15) is 11.8 Å². The van der Waals surface area contributed by atoms with E-state index in [1.165, 1.54) is 0 Å². The molecule has 1 aromatic heterocycles. The number of aryl methyl sites for hydroxylation is 1. The van der Waals surface area contributed by atoms with E-state index < -0.39 is 0 Å². The molecule has 0 bridgehead atoms. The second-order valence-electron chi connectivity index (χ2n) is 4.81.